The van der Waals surface area contributed by atoms with E-state index in [1.807, 2.05) is 12.1 Å². The first-order chi connectivity index (χ1) is 13.8. The minimum absolute atomic E-state index is 0.0843. The second-order valence-corrected chi connectivity index (χ2v) is 9.26. The number of rotatable bonds is 5. The van der Waals surface area contributed by atoms with Crippen molar-refractivity contribution >= 4 is 37.9 Å². The van der Waals surface area contributed by atoms with Gasteiger partial charge in [-0.25, -0.2) is 12.8 Å². The van der Waals surface area contributed by atoms with Crippen LogP contribution in [0.25, 0.3) is 6.08 Å². The number of sulfonamides is 1. The molecule has 0 radical (unpaired) electrons. The Kier molecular flexibility index (Phi) is 6.71. The molecule has 2 aromatic carbocycles. The summed E-state index contributed by atoms with van der Waals surface area (Å²) in [7, 11) is -2.23. The summed E-state index contributed by atoms with van der Waals surface area (Å²) in [5.74, 6) is -0.175. The topological polar surface area (TPSA) is 66.9 Å². The van der Waals surface area contributed by atoms with E-state index in [0.717, 1.165) is 16.1 Å². The maximum absolute atomic E-state index is 13.4. The van der Waals surface area contributed by atoms with Gasteiger partial charge in [-0.1, -0.05) is 22.0 Å². The van der Waals surface area contributed by atoms with Crippen LogP contribution in [0.2, 0.25) is 0 Å². The van der Waals surface area contributed by atoms with E-state index in [1.54, 1.807) is 24.2 Å². The highest BCUT2D eigenvalue weighted by Crippen LogP contribution is 2.24. The van der Waals surface area contributed by atoms with Crippen LogP contribution in [0.1, 0.15) is 5.56 Å². The molecule has 1 amide bonds. The number of carbonyl (C=O) groups excluding carboxylic acids is 1. The summed E-state index contributed by atoms with van der Waals surface area (Å²) in [6, 6.07) is 10.4. The molecule has 2 aromatic rings. The standard InChI is InChI=1S/C20H20BrFN2O4S/c1-28-19-7-6-16(21)13-15(19)5-8-20(25)23-9-11-24(12-10-23)29(26,27)18-4-2-3-17(22)14-18/h2-8,13-14H,9-12H2,1H3/b8-5+. The van der Waals surface area contributed by atoms with Crippen molar-refractivity contribution in [3.8, 4) is 5.75 Å². The Morgan fingerprint density at radius 3 is 2.52 bits per heavy atom. The molecule has 0 saturated carbocycles. The van der Waals surface area contributed by atoms with Gasteiger partial charge in [0.25, 0.3) is 0 Å². The minimum Gasteiger partial charge on any atom is -0.496 e. The Balaban J connectivity index is 1.65. The quantitative estimate of drug-likeness (QED) is 0.613. The van der Waals surface area contributed by atoms with Gasteiger partial charge in [-0.05, 0) is 42.5 Å². The van der Waals surface area contributed by atoms with Crippen LogP contribution in [0.3, 0.4) is 0 Å². The number of methoxy groups -OCH3 is 1. The van der Waals surface area contributed by atoms with Gasteiger partial charge in [0, 0.05) is 42.3 Å². The van der Waals surface area contributed by atoms with Crippen LogP contribution in [0.4, 0.5) is 4.39 Å². The fourth-order valence-corrected chi connectivity index (χ4v) is 4.86. The van der Waals surface area contributed by atoms with Crippen molar-refractivity contribution in [1.29, 1.82) is 0 Å². The molecule has 1 fully saturated rings. The van der Waals surface area contributed by atoms with E-state index < -0.39 is 15.8 Å². The molecule has 29 heavy (non-hydrogen) atoms. The fraction of sp³-hybridized carbons (Fsp3) is 0.250. The van der Waals surface area contributed by atoms with E-state index in [4.69, 9.17) is 4.74 Å². The molecule has 9 heteroatoms. The average Bonchev–Trinajstić information content (AvgIpc) is 2.72. The molecule has 0 N–H and O–H groups in total. The van der Waals surface area contributed by atoms with Gasteiger partial charge >= 0.3 is 0 Å². The van der Waals surface area contributed by atoms with Gasteiger partial charge in [-0.15, -0.1) is 0 Å². The molecular weight excluding hydrogens is 463 g/mol. The van der Waals surface area contributed by atoms with Gasteiger partial charge in [-0.2, -0.15) is 4.31 Å². The number of carbonyl (C=O) groups is 1. The average molecular weight is 483 g/mol. The highest BCUT2D eigenvalue weighted by Gasteiger charge is 2.29. The van der Waals surface area contributed by atoms with Crippen molar-refractivity contribution in [1.82, 2.24) is 9.21 Å². The zero-order chi connectivity index (χ0) is 21.0. The summed E-state index contributed by atoms with van der Waals surface area (Å²) < 4.78 is 46.1. The van der Waals surface area contributed by atoms with Crippen LogP contribution in [0.15, 0.2) is 57.9 Å². The van der Waals surface area contributed by atoms with Crippen molar-refractivity contribution in [3.05, 3.63) is 64.4 Å². The van der Waals surface area contributed by atoms with Gasteiger partial charge in [0.1, 0.15) is 11.6 Å². The van der Waals surface area contributed by atoms with Crippen LogP contribution in [-0.4, -0.2) is 56.8 Å². The first-order valence-electron chi connectivity index (χ1n) is 8.87. The Bertz CT molecular complexity index is 1030. The molecule has 1 heterocycles. The third-order valence-corrected chi connectivity index (χ3v) is 6.97. The van der Waals surface area contributed by atoms with Crippen molar-refractivity contribution in [2.24, 2.45) is 0 Å². The summed E-state index contributed by atoms with van der Waals surface area (Å²) in [6.45, 7) is 0.817. The molecule has 0 aromatic heterocycles. The van der Waals surface area contributed by atoms with Crippen LogP contribution < -0.4 is 4.74 Å². The molecule has 0 bridgehead atoms. The minimum atomic E-state index is -3.79. The number of hydrogen-bond donors (Lipinski definition) is 0. The third kappa shape index (κ3) is 5.04. The second kappa shape index (κ2) is 9.06. The lowest BCUT2D eigenvalue weighted by atomic mass is 10.2. The largest absolute Gasteiger partial charge is 0.496 e. The first kappa shape index (κ1) is 21.5. The van der Waals surface area contributed by atoms with Gasteiger partial charge in [-0.3, -0.25) is 4.79 Å². The van der Waals surface area contributed by atoms with E-state index in [-0.39, 0.29) is 37.0 Å². The maximum atomic E-state index is 13.4. The maximum Gasteiger partial charge on any atom is 0.246 e. The van der Waals surface area contributed by atoms with E-state index in [2.05, 4.69) is 15.9 Å². The van der Waals surface area contributed by atoms with E-state index in [1.165, 1.54) is 28.6 Å². The molecule has 1 saturated heterocycles. The lowest BCUT2D eigenvalue weighted by molar-refractivity contribution is -0.127. The van der Waals surface area contributed by atoms with Crippen molar-refractivity contribution < 1.29 is 22.3 Å². The third-order valence-electron chi connectivity index (χ3n) is 4.58. The predicted molar refractivity (Wildman–Crippen MR) is 111 cm³/mol. The summed E-state index contributed by atoms with van der Waals surface area (Å²) in [4.78, 5) is 14.0. The van der Waals surface area contributed by atoms with E-state index in [9.17, 15) is 17.6 Å². The lowest BCUT2D eigenvalue weighted by Crippen LogP contribution is -2.50. The SMILES string of the molecule is COc1ccc(Br)cc1/C=C/C(=O)N1CCN(S(=O)(=O)c2cccc(F)c2)CC1. The van der Waals surface area contributed by atoms with Crippen LogP contribution >= 0.6 is 15.9 Å². The number of halogens is 2. The Morgan fingerprint density at radius 1 is 1.14 bits per heavy atom. The zero-order valence-corrected chi connectivity index (χ0v) is 18.1. The van der Waals surface area contributed by atoms with Crippen LogP contribution in [0, 0.1) is 5.82 Å². The van der Waals surface area contributed by atoms with Gasteiger partial charge < -0.3 is 9.64 Å². The molecule has 3 rings (SSSR count). The number of nitrogens with zero attached hydrogens (tertiary/aromatic N) is 2. The molecule has 0 spiro atoms. The Hall–Kier alpha value is -2.23. The summed E-state index contributed by atoms with van der Waals surface area (Å²) >= 11 is 3.39. The highest BCUT2D eigenvalue weighted by molar-refractivity contribution is 9.10. The van der Waals surface area contributed by atoms with E-state index >= 15 is 0 Å². The van der Waals surface area contributed by atoms with Gasteiger partial charge in [0.2, 0.25) is 15.9 Å². The molecule has 154 valence electrons. The molecule has 1 aliphatic heterocycles. The molecule has 0 atom stereocenters. The molecule has 6 nitrogen and oxygen atoms in total. The number of benzene rings is 2. The second-order valence-electron chi connectivity index (χ2n) is 6.41. The fourth-order valence-electron chi connectivity index (χ4n) is 3.03. The summed E-state index contributed by atoms with van der Waals surface area (Å²) in [5.41, 5.74) is 0.752. The van der Waals surface area contributed by atoms with Gasteiger partial charge in [0.15, 0.2) is 0 Å². The van der Waals surface area contributed by atoms with Crippen LogP contribution in [-0.2, 0) is 14.8 Å². The van der Waals surface area contributed by atoms with Crippen molar-refractivity contribution in [2.45, 2.75) is 4.90 Å². The number of hydrogen-bond acceptors (Lipinski definition) is 4. The zero-order valence-electron chi connectivity index (χ0n) is 15.7. The molecule has 0 aliphatic carbocycles. The number of amides is 1. The van der Waals surface area contributed by atoms with Crippen molar-refractivity contribution in [3.63, 3.8) is 0 Å². The first-order valence-corrected chi connectivity index (χ1v) is 11.1. The van der Waals surface area contributed by atoms with Gasteiger partial charge in [0.05, 0.1) is 12.0 Å². The monoisotopic (exact) mass is 482 g/mol. The van der Waals surface area contributed by atoms with E-state index in [0.29, 0.717) is 5.75 Å². The molecular formula is C20H20BrFN2O4S. The molecule has 0 unspecified atom stereocenters. The normalized spacial score (nSPS) is 15.6. The predicted octanol–water partition coefficient (Wildman–Crippen LogP) is 3.14. The highest BCUT2D eigenvalue weighted by atomic mass is 79.9. The summed E-state index contributed by atoms with van der Waals surface area (Å²) in [5, 5.41) is 0. The smallest absolute Gasteiger partial charge is 0.246 e. The Morgan fingerprint density at radius 2 is 1.86 bits per heavy atom. The Labute approximate surface area is 177 Å². The van der Waals surface area contributed by atoms with Crippen molar-refractivity contribution in [2.75, 3.05) is 33.3 Å². The lowest BCUT2D eigenvalue weighted by Gasteiger charge is -2.33. The summed E-state index contributed by atoms with van der Waals surface area (Å²) in [6.07, 6.45) is 3.11. The number of ether oxygens (including phenoxy) is 1. The number of piperazine rings is 1. The van der Waals surface area contributed by atoms with Crippen LogP contribution in [0.5, 0.6) is 5.75 Å². The molecule has 1 aliphatic rings.